The largest absolute Gasteiger partial charge is 0.490 e. The van der Waals surface area contributed by atoms with Crippen LogP contribution in [0.3, 0.4) is 0 Å². The van der Waals surface area contributed by atoms with E-state index in [0.717, 1.165) is 22.8 Å². The van der Waals surface area contributed by atoms with E-state index in [-0.39, 0.29) is 18.3 Å². The van der Waals surface area contributed by atoms with Gasteiger partial charge < -0.3 is 14.6 Å². The van der Waals surface area contributed by atoms with Gasteiger partial charge in [-0.1, -0.05) is 0 Å². The number of benzene rings is 1. The summed E-state index contributed by atoms with van der Waals surface area (Å²) in [5.41, 5.74) is 1.04. The zero-order chi connectivity index (χ0) is 26.0. The molecule has 0 bridgehead atoms. The number of carbonyl (C=O) groups is 2. The van der Waals surface area contributed by atoms with Crippen LogP contribution in [0.15, 0.2) is 43.0 Å². The molecule has 3 aromatic rings. The average Bonchev–Trinajstić information content (AvgIpc) is 3.41. The normalized spacial score (nSPS) is 13.6. The molecule has 0 saturated heterocycles. The number of amides is 1. The lowest BCUT2D eigenvalue weighted by Gasteiger charge is -2.27. The predicted octanol–water partition coefficient (Wildman–Crippen LogP) is 3.84. The van der Waals surface area contributed by atoms with Crippen molar-refractivity contribution in [2.24, 2.45) is 0 Å². The number of nitrogens with zero attached hydrogens (tertiary/aromatic N) is 5. The van der Waals surface area contributed by atoms with E-state index in [4.69, 9.17) is 9.90 Å². The predicted molar refractivity (Wildman–Crippen MR) is 105 cm³/mol. The summed E-state index contributed by atoms with van der Waals surface area (Å²) < 4.78 is 85.7. The number of imidazole rings is 1. The Morgan fingerprint density at radius 2 is 1.69 bits per heavy atom. The van der Waals surface area contributed by atoms with E-state index in [1.165, 1.54) is 17.0 Å². The van der Waals surface area contributed by atoms with Crippen molar-refractivity contribution in [2.75, 3.05) is 11.4 Å². The van der Waals surface area contributed by atoms with Crippen LogP contribution in [0.25, 0.3) is 5.69 Å². The molecule has 0 atom stereocenters. The smallest absolute Gasteiger partial charge is 0.475 e. The lowest BCUT2D eigenvalue weighted by atomic mass is 10.1. The highest BCUT2D eigenvalue weighted by Gasteiger charge is 2.38. The first-order valence-electron chi connectivity index (χ1n) is 9.79. The SMILES string of the molecule is O=C(Cn1cnc(C(F)(F)F)c1)N1CCCc2c1cnn2-c1ccc(F)cc1.O=C(O)C(F)(F)F. The van der Waals surface area contributed by atoms with Crippen LogP contribution < -0.4 is 4.90 Å². The molecule has 1 aliphatic heterocycles. The summed E-state index contributed by atoms with van der Waals surface area (Å²) in [6.07, 6.45) is -4.92. The first-order chi connectivity index (χ1) is 16.3. The molecule has 0 radical (unpaired) electrons. The maximum atomic E-state index is 13.2. The van der Waals surface area contributed by atoms with E-state index in [2.05, 4.69) is 10.1 Å². The third-order valence-electron chi connectivity index (χ3n) is 4.79. The van der Waals surface area contributed by atoms with Crippen molar-refractivity contribution in [3.63, 3.8) is 0 Å². The molecule has 4 rings (SSSR count). The first kappa shape index (κ1) is 25.7. The van der Waals surface area contributed by atoms with Gasteiger partial charge in [0.05, 0.1) is 29.6 Å². The molecule has 2 aromatic heterocycles. The van der Waals surface area contributed by atoms with E-state index >= 15 is 0 Å². The summed E-state index contributed by atoms with van der Waals surface area (Å²) in [5.74, 6) is -3.47. The maximum Gasteiger partial charge on any atom is 0.490 e. The van der Waals surface area contributed by atoms with Crippen molar-refractivity contribution in [1.82, 2.24) is 19.3 Å². The molecule has 8 nitrogen and oxygen atoms in total. The van der Waals surface area contributed by atoms with Crippen molar-refractivity contribution in [3.8, 4) is 5.69 Å². The lowest BCUT2D eigenvalue weighted by Crippen LogP contribution is -2.37. The number of carbonyl (C=O) groups excluding carboxylic acids is 1. The Balaban J connectivity index is 0.000000429. The maximum absolute atomic E-state index is 13.2. The van der Waals surface area contributed by atoms with E-state index in [0.29, 0.717) is 30.8 Å². The molecule has 1 aromatic carbocycles. The quantitative estimate of drug-likeness (QED) is 0.544. The minimum absolute atomic E-state index is 0.260. The van der Waals surface area contributed by atoms with Gasteiger partial charge in [-0.25, -0.2) is 18.9 Å². The summed E-state index contributed by atoms with van der Waals surface area (Å²) >= 11 is 0. The van der Waals surface area contributed by atoms with Gasteiger partial charge in [-0.05, 0) is 37.1 Å². The molecule has 0 saturated carbocycles. The zero-order valence-electron chi connectivity index (χ0n) is 17.5. The number of hydrogen-bond acceptors (Lipinski definition) is 4. The van der Waals surface area contributed by atoms with Crippen molar-refractivity contribution >= 4 is 17.6 Å². The van der Waals surface area contributed by atoms with Gasteiger partial charge in [0.25, 0.3) is 0 Å². The molecule has 1 N–H and O–H groups in total. The molecule has 3 heterocycles. The van der Waals surface area contributed by atoms with E-state index in [1.807, 2.05) is 0 Å². The summed E-state index contributed by atoms with van der Waals surface area (Å²) in [4.78, 5) is 26.4. The van der Waals surface area contributed by atoms with Crippen LogP contribution in [0.1, 0.15) is 17.8 Å². The van der Waals surface area contributed by atoms with Gasteiger partial charge in [-0.2, -0.15) is 31.4 Å². The van der Waals surface area contributed by atoms with Crippen LogP contribution in [0.5, 0.6) is 0 Å². The van der Waals surface area contributed by atoms with Crippen molar-refractivity contribution < 1.29 is 45.4 Å². The fourth-order valence-corrected chi connectivity index (χ4v) is 3.25. The van der Waals surface area contributed by atoms with Crippen LogP contribution in [-0.2, 0) is 28.7 Å². The zero-order valence-corrected chi connectivity index (χ0v) is 17.5. The molecule has 35 heavy (non-hydrogen) atoms. The fourth-order valence-electron chi connectivity index (χ4n) is 3.25. The van der Waals surface area contributed by atoms with E-state index in [1.54, 1.807) is 23.0 Å². The minimum atomic E-state index is -5.08. The van der Waals surface area contributed by atoms with Gasteiger partial charge in [0.1, 0.15) is 12.4 Å². The van der Waals surface area contributed by atoms with Crippen molar-refractivity contribution in [2.45, 2.75) is 31.7 Å². The van der Waals surface area contributed by atoms with Crippen LogP contribution >= 0.6 is 0 Å². The Bertz CT molecular complexity index is 1200. The highest BCUT2D eigenvalue weighted by Crippen LogP contribution is 2.30. The van der Waals surface area contributed by atoms with Crippen LogP contribution in [0.4, 0.5) is 36.4 Å². The van der Waals surface area contributed by atoms with Crippen LogP contribution in [0, 0.1) is 5.82 Å². The molecular formula is C20H16F7N5O3. The number of halogens is 7. The Labute approximate surface area is 192 Å². The molecule has 0 spiro atoms. The van der Waals surface area contributed by atoms with Crippen LogP contribution in [-0.4, -0.2) is 49.0 Å². The average molecular weight is 507 g/mol. The highest BCUT2D eigenvalue weighted by atomic mass is 19.4. The molecule has 0 unspecified atom stereocenters. The number of rotatable bonds is 3. The summed E-state index contributed by atoms with van der Waals surface area (Å²) in [6.45, 7) is 0.187. The molecule has 0 fully saturated rings. The Morgan fingerprint density at radius 1 is 1.06 bits per heavy atom. The second-order valence-corrected chi connectivity index (χ2v) is 7.25. The topological polar surface area (TPSA) is 93.3 Å². The summed E-state index contributed by atoms with van der Waals surface area (Å²) in [6, 6.07) is 5.83. The van der Waals surface area contributed by atoms with Crippen molar-refractivity contribution in [1.29, 1.82) is 0 Å². The molecule has 15 heteroatoms. The van der Waals surface area contributed by atoms with Gasteiger partial charge in [0.15, 0.2) is 5.69 Å². The molecular weight excluding hydrogens is 491 g/mol. The molecule has 1 aliphatic rings. The number of fused-ring (bicyclic) bond motifs is 1. The first-order valence-corrected chi connectivity index (χ1v) is 9.79. The number of hydrogen-bond donors (Lipinski definition) is 1. The summed E-state index contributed by atoms with van der Waals surface area (Å²) in [5, 5.41) is 11.4. The third-order valence-corrected chi connectivity index (χ3v) is 4.79. The number of aromatic nitrogens is 4. The summed E-state index contributed by atoms with van der Waals surface area (Å²) in [7, 11) is 0. The third kappa shape index (κ3) is 6.16. The Morgan fingerprint density at radius 3 is 2.23 bits per heavy atom. The number of carboxylic acid groups (broad SMARTS) is 1. The Hall–Kier alpha value is -3.91. The van der Waals surface area contributed by atoms with Gasteiger partial charge in [0.2, 0.25) is 5.91 Å². The molecule has 1 amide bonds. The molecule has 0 aliphatic carbocycles. The van der Waals surface area contributed by atoms with E-state index < -0.39 is 24.0 Å². The van der Waals surface area contributed by atoms with Gasteiger partial charge in [-0.15, -0.1) is 0 Å². The van der Waals surface area contributed by atoms with Gasteiger partial charge in [0, 0.05) is 12.7 Å². The number of anilines is 1. The lowest BCUT2D eigenvalue weighted by molar-refractivity contribution is -0.192. The number of alkyl halides is 6. The second kappa shape index (κ2) is 9.76. The number of carboxylic acids is 1. The fraction of sp³-hybridized carbons (Fsp3) is 0.300. The number of aliphatic carboxylic acids is 1. The van der Waals surface area contributed by atoms with Gasteiger partial charge >= 0.3 is 18.3 Å². The second-order valence-electron chi connectivity index (χ2n) is 7.25. The van der Waals surface area contributed by atoms with Crippen molar-refractivity contribution in [3.05, 3.63) is 60.2 Å². The minimum Gasteiger partial charge on any atom is -0.475 e. The monoisotopic (exact) mass is 507 g/mol. The van der Waals surface area contributed by atoms with E-state index in [9.17, 15) is 35.5 Å². The van der Waals surface area contributed by atoms with Gasteiger partial charge in [-0.3, -0.25) is 4.79 Å². The molecule has 188 valence electrons. The van der Waals surface area contributed by atoms with Crippen LogP contribution in [0.2, 0.25) is 0 Å². The standard InChI is InChI=1S/C18H15F4N5O.C2HF3O2/c19-12-3-5-13(6-4-12)27-14-2-1-7-26(15(14)8-24-27)17(28)10-25-9-16(23-11-25)18(20,21)22;3-2(4,5)1(6)7/h3-6,8-9,11H,1-2,7,10H2;(H,6,7). The Kier molecular flexibility index (Phi) is 7.17. The highest BCUT2D eigenvalue weighted by molar-refractivity contribution is 5.94.